The molecule has 0 bridgehead atoms. The highest BCUT2D eigenvalue weighted by Crippen LogP contribution is 2.14. The summed E-state index contributed by atoms with van der Waals surface area (Å²) < 4.78 is 0. The van der Waals surface area contributed by atoms with Gasteiger partial charge in [-0.1, -0.05) is 6.08 Å². The molecule has 0 spiro atoms. The van der Waals surface area contributed by atoms with Crippen molar-refractivity contribution in [2.45, 2.75) is 13.0 Å². The van der Waals surface area contributed by atoms with Crippen molar-refractivity contribution in [3.05, 3.63) is 31.0 Å². The van der Waals surface area contributed by atoms with Crippen LogP contribution >= 0.6 is 0 Å². The fourth-order valence-electron chi connectivity index (χ4n) is 0.844. The van der Waals surface area contributed by atoms with Crippen LogP contribution in [0.2, 0.25) is 0 Å². The molecular formula is C9H13N3. The zero-order valence-corrected chi connectivity index (χ0v) is 7.12. The molecule has 0 radical (unpaired) electrons. The monoisotopic (exact) mass is 163 g/mol. The first-order valence-corrected chi connectivity index (χ1v) is 3.83. The molecule has 0 aromatic carbocycles. The van der Waals surface area contributed by atoms with Gasteiger partial charge in [0.1, 0.15) is 5.82 Å². The van der Waals surface area contributed by atoms with Gasteiger partial charge in [0.15, 0.2) is 0 Å². The van der Waals surface area contributed by atoms with E-state index in [9.17, 15) is 0 Å². The number of aromatic nitrogens is 1. The van der Waals surface area contributed by atoms with E-state index in [1.807, 2.05) is 25.1 Å². The highest BCUT2D eigenvalue weighted by Gasteiger charge is 1.99. The zero-order valence-electron chi connectivity index (χ0n) is 7.12. The van der Waals surface area contributed by atoms with Crippen molar-refractivity contribution in [1.29, 1.82) is 0 Å². The number of pyridine rings is 1. The van der Waals surface area contributed by atoms with Gasteiger partial charge in [-0.05, 0) is 19.1 Å². The molecule has 1 aromatic rings. The van der Waals surface area contributed by atoms with E-state index in [0.717, 1.165) is 5.69 Å². The zero-order chi connectivity index (χ0) is 8.97. The number of nitrogens with one attached hydrogen (secondary N) is 1. The van der Waals surface area contributed by atoms with E-state index in [1.54, 1.807) is 6.20 Å². The number of anilines is 2. The van der Waals surface area contributed by atoms with E-state index in [-0.39, 0.29) is 6.04 Å². The molecule has 3 nitrogen and oxygen atoms in total. The maximum Gasteiger partial charge on any atom is 0.146 e. The van der Waals surface area contributed by atoms with Gasteiger partial charge in [-0.25, -0.2) is 4.98 Å². The summed E-state index contributed by atoms with van der Waals surface area (Å²) in [5.41, 5.74) is 6.47. The molecule has 1 unspecified atom stereocenters. The molecule has 0 saturated heterocycles. The van der Waals surface area contributed by atoms with Crippen LogP contribution in [0.25, 0.3) is 0 Å². The third-order valence-electron chi connectivity index (χ3n) is 1.58. The first-order valence-electron chi connectivity index (χ1n) is 3.83. The summed E-state index contributed by atoms with van der Waals surface area (Å²) in [6.45, 7) is 5.66. The van der Waals surface area contributed by atoms with Crippen molar-refractivity contribution < 1.29 is 0 Å². The van der Waals surface area contributed by atoms with Gasteiger partial charge in [0.25, 0.3) is 0 Å². The van der Waals surface area contributed by atoms with Crippen molar-refractivity contribution in [1.82, 2.24) is 4.98 Å². The van der Waals surface area contributed by atoms with Crippen LogP contribution in [0.15, 0.2) is 31.0 Å². The van der Waals surface area contributed by atoms with Crippen LogP contribution in [-0.2, 0) is 0 Å². The Morgan fingerprint density at radius 3 is 3.08 bits per heavy atom. The first kappa shape index (κ1) is 8.59. The van der Waals surface area contributed by atoms with Crippen molar-refractivity contribution in [2.24, 2.45) is 0 Å². The molecule has 1 rings (SSSR count). The third kappa shape index (κ3) is 1.99. The van der Waals surface area contributed by atoms with Gasteiger partial charge in [-0.2, -0.15) is 0 Å². The van der Waals surface area contributed by atoms with E-state index in [1.165, 1.54) is 0 Å². The number of hydrogen-bond acceptors (Lipinski definition) is 3. The molecule has 0 aliphatic rings. The molecule has 0 aliphatic heterocycles. The Morgan fingerprint density at radius 1 is 1.75 bits per heavy atom. The molecule has 0 saturated carbocycles. The topological polar surface area (TPSA) is 50.9 Å². The highest BCUT2D eigenvalue weighted by atomic mass is 15.0. The molecule has 64 valence electrons. The van der Waals surface area contributed by atoms with Gasteiger partial charge < -0.3 is 11.1 Å². The largest absolute Gasteiger partial charge is 0.382 e. The second-order valence-corrected chi connectivity index (χ2v) is 2.60. The van der Waals surface area contributed by atoms with E-state index in [2.05, 4.69) is 16.9 Å². The van der Waals surface area contributed by atoms with E-state index >= 15 is 0 Å². The van der Waals surface area contributed by atoms with Crippen LogP contribution in [0.3, 0.4) is 0 Å². The molecule has 0 amide bonds. The molecule has 3 N–H and O–H groups in total. The third-order valence-corrected chi connectivity index (χ3v) is 1.58. The molecule has 1 atom stereocenters. The van der Waals surface area contributed by atoms with E-state index in [0.29, 0.717) is 5.82 Å². The first-order chi connectivity index (χ1) is 5.74. The van der Waals surface area contributed by atoms with Crippen LogP contribution in [-0.4, -0.2) is 11.0 Å². The Labute approximate surface area is 72.3 Å². The number of nitrogen functional groups attached to an aromatic ring is 1. The minimum Gasteiger partial charge on any atom is -0.382 e. The lowest BCUT2D eigenvalue weighted by atomic mass is 10.3. The normalized spacial score (nSPS) is 12.1. The molecule has 12 heavy (non-hydrogen) atoms. The Morgan fingerprint density at radius 2 is 2.50 bits per heavy atom. The summed E-state index contributed by atoms with van der Waals surface area (Å²) in [5, 5.41) is 3.15. The molecular weight excluding hydrogens is 150 g/mol. The number of rotatable bonds is 3. The Kier molecular flexibility index (Phi) is 2.69. The van der Waals surface area contributed by atoms with Crippen LogP contribution in [0.1, 0.15) is 6.92 Å². The van der Waals surface area contributed by atoms with Crippen LogP contribution in [0.5, 0.6) is 0 Å². The summed E-state index contributed by atoms with van der Waals surface area (Å²) in [6, 6.07) is 3.94. The lowest BCUT2D eigenvalue weighted by Crippen LogP contribution is -2.12. The lowest BCUT2D eigenvalue weighted by Gasteiger charge is -2.11. The van der Waals surface area contributed by atoms with Crippen molar-refractivity contribution >= 4 is 11.5 Å². The predicted molar refractivity (Wildman–Crippen MR) is 51.9 cm³/mol. The molecule has 1 aromatic heterocycles. The maximum absolute atomic E-state index is 5.62. The quantitative estimate of drug-likeness (QED) is 0.666. The smallest absolute Gasteiger partial charge is 0.146 e. The fraction of sp³-hybridized carbons (Fsp3) is 0.222. The summed E-state index contributed by atoms with van der Waals surface area (Å²) >= 11 is 0. The predicted octanol–water partition coefficient (Wildman–Crippen LogP) is 1.65. The number of nitrogens with zero attached hydrogens (tertiary/aromatic N) is 1. The van der Waals surface area contributed by atoms with Gasteiger partial charge >= 0.3 is 0 Å². The van der Waals surface area contributed by atoms with Crippen LogP contribution in [0, 0.1) is 0 Å². The van der Waals surface area contributed by atoms with Gasteiger partial charge in [0, 0.05) is 12.2 Å². The molecule has 3 heteroatoms. The van der Waals surface area contributed by atoms with Gasteiger partial charge in [0.2, 0.25) is 0 Å². The minimum atomic E-state index is 0.205. The fourth-order valence-corrected chi connectivity index (χ4v) is 0.844. The molecule has 1 heterocycles. The highest BCUT2D eigenvalue weighted by molar-refractivity contribution is 5.61. The maximum atomic E-state index is 5.62. The van der Waals surface area contributed by atoms with Crippen LogP contribution < -0.4 is 11.1 Å². The Bertz CT molecular complexity index is 270. The second kappa shape index (κ2) is 3.76. The van der Waals surface area contributed by atoms with Crippen molar-refractivity contribution in [2.75, 3.05) is 11.1 Å². The van der Waals surface area contributed by atoms with Crippen molar-refractivity contribution in [3.8, 4) is 0 Å². The Balaban J connectivity index is 2.75. The second-order valence-electron chi connectivity index (χ2n) is 2.60. The van der Waals surface area contributed by atoms with Gasteiger partial charge in [-0.3, -0.25) is 0 Å². The number of nitrogens with two attached hydrogens (primary N) is 1. The van der Waals surface area contributed by atoms with Crippen LogP contribution in [0.4, 0.5) is 11.5 Å². The van der Waals surface area contributed by atoms with Crippen molar-refractivity contribution in [3.63, 3.8) is 0 Å². The van der Waals surface area contributed by atoms with E-state index < -0.39 is 0 Å². The standard InChI is InChI=1S/C9H13N3/c1-3-7(2)12-8-5-4-6-11-9(8)10/h3-7,12H,1H2,2H3,(H2,10,11). The average molecular weight is 163 g/mol. The summed E-state index contributed by atoms with van der Waals surface area (Å²) in [4.78, 5) is 3.95. The van der Waals surface area contributed by atoms with Gasteiger partial charge in [0.05, 0.1) is 5.69 Å². The number of hydrogen-bond donors (Lipinski definition) is 2. The summed E-state index contributed by atoms with van der Waals surface area (Å²) in [7, 11) is 0. The SMILES string of the molecule is C=CC(C)Nc1cccnc1N. The van der Waals surface area contributed by atoms with Gasteiger partial charge in [-0.15, -0.1) is 6.58 Å². The molecule has 0 fully saturated rings. The minimum absolute atomic E-state index is 0.205. The summed E-state index contributed by atoms with van der Waals surface area (Å²) in [6.07, 6.45) is 3.48. The molecule has 0 aliphatic carbocycles. The Hall–Kier alpha value is -1.51. The average Bonchev–Trinajstić information content (AvgIpc) is 2.09. The van der Waals surface area contributed by atoms with E-state index in [4.69, 9.17) is 5.73 Å². The summed E-state index contributed by atoms with van der Waals surface area (Å²) in [5.74, 6) is 0.520. The lowest BCUT2D eigenvalue weighted by molar-refractivity contribution is 0.999.